The van der Waals surface area contributed by atoms with Crippen LogP contribution in [-0.2, 0) is 0 Å². The highest BCUT2D eigenvalue weighted by Crippen LogP contribution is 2.24. The lowest BCUT2D eigenvalue weighted by molar-refractivity contribution is 0.221. The molecule has 1 aromatic carbocycles. The maximum absolute atomic E-state index is 9.20. The molecule has 4 nitrogen and oxygen atoms in total. The van der Waals surface area contributed by atoms with Gasteiger partial charge in [-0.1, -0.05) is 12.1 Å². The van der Waals surface area contributed by atoms with E-state index in [0.717, 1.165) is 30.9 Å². The van der Waals surface area contributed by atoms with Gasteiger partial charge in [-0.3, -0.25) is 0 Å². The molecule has 0 bridgehead atoms. The number of nitrogens with two attached hydrogens (primary N) is 1. The van der Waals surface area contributed by atoms with Crippen LogP contribution < -0.4 is 10.6 Å². The quantitative estimate of drug-likeness (QED) is 0.887. The van der Waals surface area contributed by atoms with E-state index in [2.05, 4.69) is 22.9 Å². The molecule has 1 unspecified atom stereocenters. The molecule has 1 atom stereocenters. The van der Waals surface area contributed by atoms with Crippen LogP contribution in [0.2, 0.25) is 0 Å². The summed E-state index contributed by atoms with van der Waals surface area (Å²) >= 11 is 0. The van der Waals surface area contributed by atoms with E-state index in [9.17, 15) is 5.26 Å². The Morgan fingerprint density at radius 3 is 3.00 bits per heavy atom. The largest absolute Gasteiger partial charge is 0.369 e. The van der Waals surface area contributed by atoms with Gasteiger partial charge in [-0.15, -0.1) is 0 Å². The molecular formula is C15H22N4. The molecule has 0 radical (unpaired) electrons. The van der Waals surface area contributed by atoms with Gasteiger partial charge in [0, 0.05) is 32.2 Å². The predicted octanol–water partition coefficient (Wildman–Crippen LogP) is 1.42. The first-order chi connectivity index (χ1) is 9.26. The van der Waals surface area contributed by atoms with Crippen molar-refractivity contribution in [3.8, 4) is 6.07 Å². The number of para-hydroxylation sites is 1. The molecule has 19 heavy (non-hydrogen) atoms. The van der Waals surface area contributed by atoms with Crippen LogP contribution in [0.25, 0.3) is 0 Å². The zero-order valence-electron chi connectivity index (χ0n) is 11.5. The van der Waals surface area contributed by atoms with E-state index in [0.29, 0.717) is 12.6 Å². The van der Waals surface area contributed by atoms with E-state index >= 15 is 0 Å². The molecule has 1 aliphatic heterocycles. The van der Waals surface area contributed by atoms with E-state index in [1.165, 1.54) is 12.8 Å². The molecule has 2 N–H and O–H groups in total. The summed E-state index contributed by atoms with van der Waals surface area (Å²) in [6.07, 6.45) is 2.38. The van der Waals surface area contributed by atoms with Crippen molar-refractivity contribution < 1.29 is 0 Å². The van der Waals surface area contributed by atoms with E-state index in [1.807, 2.05) is 24.3 Å². The summed E-state index contributed by atoms with van der Waals surface area (Å²) in [7, 11) is 2.14. The average molecular weight is 258 g/mol. The monoisotopic (exact) mass is 258 g/mol. The number of hydrogen-bond donors (Lipinski definition) is 1. The minimum atomic E-state index is 0.532. The molecule has 1 heterocycles. The smallest absolute Gasteiger partial charge is 0.101 e. The number of piperidine rings is 1. The molecule has 2 rings (SSSR count). The van der Waals surface area contributed by atoms with E-state index < -0.39 is 0 Å². The third-order valence-electron chi connectivity index (χ3n) is 3.87. The predicted molar refractivity (Wildman–Crippen MR) is 78.1 cm³/mol. The molecule has 4 heteroatoms. The summed E-state index contributed by atoms with van der Waals surface area (Å²) in [4.78, 5) is 4.67. The first-order valence-electron chi connectivity index (χ1n) is 6.90. The van der Waals surface area contributed by atoms with Crippen LogP contribution in [0.15, 0.2) is 24.3 Å². The molecule has 0 aliphatic carbocycles. The Bertz CT molecular complexity index is 452. The topological polar surface area (TPSA) is 56.3 Å². The van der Waals surface area contributed by atoms with Crippen LogP contribution >= 0.6 is 0 Å². The molecule has 1 aliphatic rings. The van der Waals surface area contributed by atoms with E-state index in [1.54, 1.807) is 0 Å². The Balaban J connectivity index is 2.11. The number of rotatable bonds is 4. The van der Waals surface area contributed by atoms with Crippen LogP contribution in [0, 0.1) is 11.3 Å². The Labute approximate surface area is 115 Å². The molecule has 0 amide bonds. The summed E-state index contributed by atoms with van der Waals surface area (Å²) in [6.45, 7) is 3.64. The Morgan fingerprint density at radius 1 is 1.47 bits per heavy atom. The lowest BCUT2D eigenvalue weighted by atomic mass is 10.0. The lowest BCUT2D eigenvalue weighted by Gasteiger charge is -2.39. The van der Waals surface area contributed by atoms with Crippen molar-refractivity contribution in [2.45, 2.75) is 18.9 Å². The molecule has 1 aromatic rings. The number of likely N-dealkylation sites (N-methyl/N-ethyl adjacent to an activating group) is 1. The molecule has 102 valence electrons. The van der Waals surface area contributed by atoms with Crippen molar-refractivity contribution >= 4 is 5.69 Å². The van der Waals surface area contributed by atoms with E-state index in [-0.39, 0.29) is 0 Å². The van der Waals surface area contributed by atoms with Crippen molar-refractivity contribution in [2.24, 2.45) is 5.73 Å². The standard InChI is InChI=1S/C15H22N4/c1-18(10-8-16)14-6-4-9-19(12-14)15-7-3-2-5-13(15)11-17/h2-3,5,7,14H,4,6,8-10,12,16H2,1H3. The van der Waals surface area contributed by atoms with Crippen molar-refractivity contribution in [1.29, 1.82) is 5.26 Å². The first-order valence-corrected chi connectivity index (χ1v) is 6.90. The van der Waals surface area contributed by atoms with Gasteiger partial charge < -0.3 is 15.5 Å². The fourth-order valence-corrected chi connectivity index (χ4v) is 2.76. The second kappa shape index (κ2) is 6.55. The summed E-state index contributed by atoms with van der Waals surface area (Å²) in [6, 6.07) is 10.7. The van der Waals surface area contributed by atoms with Gasteiger partial charge in [0.05, 0.1) is 11.3 Å². The molecule has 0 saturated carbocycles. The first kappa shape index (κ1) is 13.9. The van der Waals surface area contributed by atoms with Gasteiger partial charge >= 0.3 is 0 Å². The van der Waals surface area contributed by atoms with Crippen LogP contribution in [0.5, 0.6) is 0 Å². The second-order valence-corrected chi connectivity index (χ2v) is 5.14. The van der Waals surface area contributed by atoms with Gasteiger partial charge in [-0.05, 0) is 32.0 Å². The summed E-state index contributed by atoms with van der Waals surface area (Å²) in [5, 5.41) is 9.20. The minimum absolute atomic E-state index is 0.532. The van der Waals surface area contributed by atoms with E-state index in [4.69, 9.17) is 5.73 Å². The molecular weight excluding hydrogens is 236 g/mol. The van der Waals surface area contributed by atoms with Crippen molar-refractivity contribution in [1.82, 2.24) is 4.90 Å². The molecule has 1 fully saturated rings. The second-order valence-electron chi connectivity index (χ2n) is 5.14. The van der Waals surface area contributed by atoms with Gasteiger partial charge in [0.1, 0.15) is 6.07 Å². The van der Waals surface area contributed by atoms with Gasteiger partial charge in [-0.2, -0.15) is 5.26 Å². The highest BCUT2D eigenvalue weighted by Gasteiger charge is 2.24. The molecule has 1 saturated heterocycles. The fourth-order valence-electron chi connectivity index (χ4n) is 2.76. The lowest BCUT2D eigenvalue weighted by Crippen LogP contribution is -2.48. The van der Waals surface area contributed by atoms with Crippen molar-refractivity contribution in [2.75, 3.05) is 38.1 Å². The van der Waals surface area contributed by atoms with Crippen molar-refractivity contribution in [3.63, 3.8) is 0 Å². The van der Waals surface area contributed by atoms with Gasteiger partial charge in [0.2, 0.25) is 0 Å². The summed E-state index contributed by atoms with van der Waals surface area (Å²) in [5.74, 6) is 0. The maximum atomic E-state index is 9.20. The number of nitriles is 1. The summed E-state index contributed by atoms with van der Waals surface area (Å²) in [5.41, 5.74) is 7.46. The Hall–Kier alpha value is -1.57. The number of nitrogens with zero attached hydrogens (tertiary/aromatic N) is 3. The zero-order valence-corrected chi connectivity index (χ0v) is 11.5. The van der Waals surface area contributed by atoms with Gasteiger partial charge in [-0.25, -0.2) is 0 Å². The molecule has 0 aromatic heterocycles. The van der Waals surface area contributed by atoms with Gasteiger partial charge in [0.25, 0.3) is 0 Å². The van der Waals surface area contributed by atoms with Crippen LogP contribution in [-0.4, -0.2) is 44.2 Å². The Morgan fingerprint density at radius 2 is 2.26 bits per heavy atom. The third-order valence-corrected chi connectivity index (χ3v) is 3.87. The van der Waals surface area contributed by atoms with Crippen LogP contribution in [0.4, 0.5) is 5.69 Å². The highest BCUT2D eigenvalue weighted by atomic mass is 15.2. The summed E-state index contributed by atoms with van der Waals surface area (Å²) < 4.78 is 0. The average Bonchev–Trinajstić information content (AvgIpc) is 2.47. The fraction of sp³-hybridized carbons (Fsp3) is 0.533. The molecule has 0 spiro atoms. The zero-order chi connectivity index (χ0) is 13.7. The normalized spacial score (nSPS) is 19.5. The van der Waals surface area contributed by atoms with Gasteiger partial charge in [0.15, 0.2) is 0 Å². The SMILES string of the molecule is CN(CCN)C1CCCN(c2ccccc2C#N)C1. The number of hydrogen-bond acceptors (Lipinski definition) is 4. The maximum Gasteiger partial charge on any atom is 0.101 e. The van der Waals surface area contributed by atoms with Crippen LogP contribution in [0.1, 0.15) is 18.4 Å². The Kier molecular flexibility index (Phi) is 4.78. The van der Waals surface area contributed by atoms with Crippen LogP contribution in [0.3, 0.4) is 0 Å². The minimum Gasteiger partial charge on any atom is -0.369 e. The number of anilines is 1. The highest BCUT2D eigenvalue weighted by molar-refractivity contribution is 5.59. The van der Waals surface area contributed by atoms with Crippen molar-refractivity contribution in [3.05, 3.63) is 29.8 Å². The third kappa shape index (κ3) is 3.25. The number of benzene rings is 1.